The van der Waals surface area contributed by atoms with Crippen molar-refractivity contribution in [3.05, 3.63) is 35.4 Å². The zero-order chi connectivity index (χ0) is 14.2. The summed E-state index contributed by atoms with van der Waals surface area (Å²) in [5.41, 5.74) is 5.91. The van der Waals surface area contributed by atoms with Gasteiger partial charge in [-0.05, 0) is 32.4 Å². The SMILES string of the molecule is CC(C)N1C(=O)CCC(N)C1c1c(F)cccc1F. The molecule has 2 atom stereocenters. The van der Waals surface area contributed by atoms with Crippen LogP contribution in [0.3, 0.4) is 0 Å². The maximum Gasteiger partial charge on any atom is 0.223 e. The zero-order valence-electron chi connectivity index (χ0n) is 11.1. The van der Waals surface area contributed by atoms with E-state index in [2.05, 4.69) is 0 Å². The Morgan fingerprint density at radius 2 is 1.89 bits per heavy atom. The molecule has 1 amide bonds. The summed E-state index contributed by atoms with van der Waals surface area (Å²) in [6.07, 6.45) is 0.770. The fourth-order valence-corrected chi connectivity index (χ4v) is 2.69. The summed E-state index contributed by atoms with van der Waals surface area (Å²) in [4.78, 5) is 13.5. The van der Waals surface area contributed by atoms with Crippen LogP contribution in [-0.2, 0) is 4.79 Å². The average Bonchev–Trinajstić information content (AvgIpc) is 2.32. The Balaban J connectivity index is 2.51. The number of halogens is 2. The first-order valence-electron chi connectivity index (χ1n) is 6.44. The molecule has 104 valence electrons. The Morgan fingerprint density at radius 3 is 2.42 bits per heavy atom. The second kappa shape index (κ2) is 5.25. The van der Waals surface area contributed by atoms with Gasteiger partial charge in [0.2, 0.25) is 5.91 Å². The van der Waals surface area contributed by atoms with Crippen molar-refractivity contribution < 1.29 is 13.6 Å². The summed E-state index contributed by atoms with van der Waals surface area (Å²) in [6.45, 7) is 3.64. The fourth-order valence-electron chi connectivity index (χ4n) is 2.69. The standard InChI is InChI=1S/C14H18F2N2O/c1-8(2)18-12(19)7-6-11(17)14(18)13-9(15)4-3-5-10(13)16/h3-5,8,11,14H,6-7,17H2,1-2H3. The molecule has 1 aromatic carbocycles. The molecule has 19 heavy (non-hydrogen) atoms. The van der Waals surface area contributed by atoms with E-state index in [4.69, 9.17) is 5.73 Å². The van der Waals surface area contributed by atoms with Gasteiger partial charge in [-0.15, -0.1) is 0 Å². The van der Waals surface area contributed by atoms with Crippen LogP contribution in [0.15, 0.2) is 18.2 Å². The van der Waals surface area contributed by atoms with Crippen molar-refractivity contribution in [1.29, 1.82) is 0 Å². The molecule has 2 unspecified atom stereocenters. The van der Waals surface area contributed by atoms with Crippen molar-refractivity contribution in [2.45, 2.75) is 44.8 Å². The highest BCUT2D eigenvalue weighted by Crippen LogP contribution is 2.35. The van der Waals surface area contributed by atoms with E-state index in [0.29, 0.717) is 12.8 Å². The van der Waals surface area contributed by atoms with Gasteiger partial charge in [-0.3, -0.25) is 4.79 Å². The number of carbonyl (C=O) groups excluding carboxylic acids is 1. The van der Waals surface area contributed by atoms with Gasteiger partial charge in [-0.1, -0.05) is 6.07 Å². The summed E-state index contributed by atoms with van der Waals surface area (Å²) >= 11 is 0. The Labute approximate surface area is 111 Å². The van der Waals surface area contributed by atoms with Crippen molar-refractivity contribution in [3.8, 4) is 0 Å². The van der Waals surface area contributed by atoms with Crippen LogP contribution in [-0.4, -0.2) is 22.9 Å². The minimum atomic E-state index is -0.734. The molecule has 0 aromatic heterocycles. The Morgan fingerprint density at radius 1 is 1.32 bits per heavy atom. The molecule has 0 spiro atoms. The average molecular weight is 268 g/mol. The highest BCUT2D eigenvalue weighted by Gasteiger charge is 2.39. The van der Waals surface area contributed by atoms with Crippen LogP contribution in [0.4, 0.5) is 8.78 Å². The van der Waals surface area contributed by atoms with Gasteiger partial charge in [-0.25, -0.2) is 8.78 Å². The predicted molar refractivity (Wildman–Crippen MR) is 68.3 cm³/mol. The zero-order valence-corrected chi connectivity index (χ0v) is 11.1. The highest BCUT2D eigenvalue weighted by molar-refractivity contribution is 5.78. The van der Waals surface area contributed by atoms with E-state index < -0.39 is 23.7 Å². The lowest BCUT2D eigenvalue weighted by atomic mass is 9.89. The molecule has 0 aliphatic carbocycles. The summed E-state index contributed by atoms with van der Waals surface area (Å²) in [7, 11) is 0. The second-order valence-corrected chi connectivity index (χ2v) is 5.18. The van der Waals surface area contributed by atoms with Gasteiger partial charge < -0.3 is 10.6 Å². The highest BCUT2D eigenvalue weighted by atomic mass is 19.1. The van der Waals surface area contributed by atoms with E-state index in [1.807, 2.05) is 13.8 Å². The molecule has 5 heteroatoms. The van der Waals surface area contributed by atoms with Crippen molar-refractivity contribution in [2.24, 2.45) is 5.73 Å². The molecule has 0 radical (unpaired) electrons. The largest absolute Gasteiger partial charge is 0.331 e. The molecule has 1 aliphatic heterocycles. The number of nitrogens with two attached hydrogens (primary N) is 1. The summed E-state index contributed by atoms with van der Waals surface area (Å²) < 4.78 is 27.9. The van der Waals surface area contributed by atoms with Crippen LogP contribution in [0, 0.1) is 11.6 Å². The molecule has 1 fully saturated rings. The van der Waals surface area contributed by atoms with E-state index in [1.54, 1.807) is 0 Å². The van der Waals surface area contributed by atoms with Crippen molar-refractivity contribution >= 4 is 5.91 Å². The van der Waals surface area contributed by atoms with Crippen LogP contribution in [0.2, 0.25) is 0 Å². The molecule has 3 nitrogen and oxygen atoms in total. The third kappa shape index (κ3) is 2.47. The molecular weight excluding hydrogens is 250 g/mol. The topological polar surface area (TPSA) is 46.3 Å². The third-order valence-electron chi connectivity index (χ3n) is 3.54. The first kappa shape index (κ1) is 13.9. The van der Waals surface area contributed by atoms with Gasteiger partial charge >= 0.3 is 0 Å². The van der Waals surface area contributed by atoms with E-state index in [1.165, 1.54) is 23.1 Å². The second-order valence-electron chi connectivity index (χ2n) is 5.18. The van der Waals surface area contributed by atoms with E-state index >= 15 is 0 Å². The Hall–Kier alpha value is -1.49. The number of nitrogens with zero attached hydrogens (tertiary/aromatic N) is 1. The minimum absolute atomic E-state index is 0.100. The van der Waals surface area contributed by atoms with Crippen LogP contribution in [0.25, 0.3) is 0 Å². The summed E-state index contributed by atoms with van der Waals surface area (Å²) in [6, 6.07) is 2.37. The number of carbonyl (C=O) groups is 1. The minimum Gasteiger partial charge on any atom is -0.331 e. The lowest BCUT2D eigenvalue weighted by molar-refractivity contribution is -0.139. The fraction of sp³-hybridized carbons (Fsp3) is 0.500. The first-order valence-corrected chi connectivity index (χ1v) is 6.44. The van der Waals surface area contributed by atoms with Crippen molar-refractivity contribution in [1.82, 2.24) is 4.90 Å². The first-order chi connectivity index (χ1) is 8.93. The van der Waals surface area contributed by atoms with E-state index in [9.17, 15) is 13.6 Å². The van der Waals surface area contributed by atoms with Crippen molar-refractivity contribution in [2.75, 3.05) is 0 Å². The van der Waals surface area contributed by atoms with Crippen LogP contribution >= 0.6 is 0 Å². The lowest BCUT2D eigenvalue weighted by Crippen LogP contribution is -2.52. The number of rotatable bonds is 2. The number of benzene rings is 1. The van der Waals surface area contributed by atoms with Crippen LogP contribution in [0.1, 0.15) is 38.3 Å². The quantitative estimate of drug-likeness (QED) is 0.895. The predicted octanol–water partition coefficient (Wildman–Crippen LogP) is 2.36. The van der Waals surface area contributed by atoms with Gasteiger partial charge in [-0.2, -0.15) is 0 Å². The number of amides is 1. The van der Waals surface area contributed by atoms with E-state index in [-0.39, 0.29) is 17.5 Å². The van der Waals surface area contributed by atoms with E-state index in [0.717, 1.165) is 0 Å². The van der Waals surface area contributed by atoms with Crippen LogP contribution in [0.5, 0.6) is 0 Å². The number of hydrogen-bond donors (Lipinski definition) is 1. The molecule has 0 bridgehead atoms. The third-order valence-corrected chi connectivity index (χ3v) is 3.54. The van der Waals surface area contributed by atoms with Crippen LogP contribution < -0.4 is 5.73 Å². The monoisotopic (exact) mass is 268 g/mol. The lowest BCUT2D eigenvalue weighted by Gasteiger charge is -2.42. The summed E-state index contributed by atoms with van der Waals surface area (Å²) in [5, 5.41) is 0. The van der Waals surface area contributed by atoms with Gasteiger partial charge in [0.25, 0.3) is 0 Å². The molecule has 2 N–H and O–H groups in total. The maximum absolute atomic E-state index is 13.9. The number of hydrogen-bond acceptors (Lipinski definition) is 2. The smallest absolute Gasteiger partial charge is 0.223 e. The molecule has 0 saturated carbocycles. The molecule has 2 rings (SSSR count). The Kier molecular flexibility index (Phi) is 3.85. The van der Waals surface area contributed by atoms with Gasteiger partial charge in [0.15, 0.2) is 0 Å². The molecule has 1 saturated heterocycles. The maximum atomic E-state index is 13.9. The summed E-state index contributed by atoms with van der Waals surface area (Å²) in [5.74, 6) is -1.41. The molecule has 1 aromatic rings. The molecule has 1 aliphatic rings. The van der Waals surface area contributed by atoms with Gasteiger partial charge in [0.05, 0.1) is 6.04 Å². The molecule has 1 heterocycles. The molecular formula is C14H18F2N2O. The van der Waals surface area contributed by atoms with Gasteiger partial charge in [0.1, 0.15) is 11.6 Å². The normalized spacial score (nSPS) is 24.1. The number of likely N-dealkylation sites (tertiary alicyclic amines) is 1. The Bertz CT molecular complexity index is 470. The van der Waals surface area contributed by atoms with Crippen molar-refractivity contribution in [3.63, 3.8) is 0 Å². The van der Waals surface area contributed by atoms with Gasteiger partial charge in [0, 0.05) is 24.1 Å². The number of piperidine rings is 1.